The Balaban J connectivity index is 1.54. The molecule has 3 aromatic rings. The normalized spacial score (nSPS) is 13.4. The smallest absolute Gasteiger partial charge is 0.322 e. The molecule has 0 spiro atoms. The topological polar surface area (TPSA) is 81.0 Å². The second kappa shape index (κ2) is 6.79. The number of aryl methyl sites for hydroxylation is 1. The summed E-state index contributed by atoms with van der Waals surface area (Å²) in [7, 11) is 3.15. The highest BCUT2D eigenvalue weighted by Crippen LogP contribution is 2.29. The van der Waals surface area contributed by atoms with Crippen molar-refractivity contribution in [3.8, 4) is 11.5 Å². The van der Waals surface area contributed by atoms with Crippen LogP contribution in [0.1, 0.15) is 17.0 Å². The summed E-state index contributed by atoms with van der Waals surface area (Å²) in [5.74, 6) is 1.22. The fraction of sp³-hybridized carbons (Fsp3) is 0.316. The van der Waals surface area contributed by atoms with Crippen molar-refractivity contribution in [1.82, 2.24) is 19.5 Å². The van der Waals surface area contributed by atoms with Gasteiger partial charge < -0.3 is 19.7 Å². The van der Waals surface area contributed by atoms with Crippen molar-refractivity contribution in [1.29, 1.82) is 0 Å². The predicted molar refractivity (Wildman–Crippen MR) is 100 cm³/mol. The Morgan fingerprint density at radius 2 is 2.07 bits per heavy atom. The van der Waals surface area contributed by atoms with E-state index in [2.05, 4.69) is 15.4 Å². The van der Waals surface area contributed by atoms with Crippen LogP contribution in [0.2, 0.25) is 0 Å². The zero-order chi connectivity index (χ0) is 19.0. The number of methoxy groups -OCH3 is 2. The van der Waals surface area contributed by atoms with Gasteiger partial charge in [-0.1, -0.05) is 0 Å². The average Bonchev–Trinajstić information content (AvgIpc) is 3.08. The summed E-state index contributed by atoms with van der Waals surface area (Å²) in [5, 5.41) is 7.43. The van der Waals surface area contributed by atoms with Crippen LogP contribution in [0.4, 0.5) is 10.5 Å². The summed E-state index contributed by atoms with van der Waals surface area (Å²) >= 11 is 0. The van der Waals surface area contributed by atoms with Gasteiger partial charge in [-0.3, -0.25) is 0 Å². The number of hydrogen-bond acceptors (Lipinski definition) is 5. The van der Waals surface area contributed by atoms with E-state index in [0.717, 1.165) is 29.0 Å². The van der Waals surface area contributed by atoms with E-state index in [1.165, 1.54) is 0 Å². The van der Waals surface area contributed by atoms with Gasteiger partial charge in [-0.15, -0.1) is 0 Å². The number of nitrogens with one attached hydrogen (secondary N) is 1. The Labute approximate surface area is 156 Å². The summed E-state index contributed by atoms with van der Waals surface area (Å²) in [6.45, 7) is 3.04. The standard InChI is InChI=1S/C19H21N5O3/c1-12-8-18-20-10-13-11-23(7-6-16(13)24(18)22-12)19(25)21-15-5-4-14(26-2)9-17(15)27-3/h4-5,8-10H,6-7,11H2,1-3H3,(H,21,25). The largest absolute Gasteiger partial charge is 0.497 e. The number of ether oxygens (including phenoxy) is 2. The molecule has 0 bridgehead atoms. The molecule has 1 N–H and O–H groups in total. The van der Waals surface area contributed by atoms with E-state index in [4.69, 9.17) is 9.47 Å². The number of rotatable bonds is 3. The van der Waals surface area contributed by atoms with Gasteiger partial charge in [-0.2, -0.15) is 5.10 Å². The third kappa shape index (κ3) is 3.14. The third-order valence-electron chi connectivity index (χ3n) is 4.71. The summed E-state index contributed by atoms with van der Waals surface area (Å²) in [5.41, 5.74) is 4.49. The van der Waals surface area contributed by atoms with Gasteiger partial charge in [0.25, 0.3) is 0 Å². The van der Waals surface area contributed by atoms with Crippen LogP contribution in [0.5, 0.6) is 11.5 Å². The first kappa shape index (κ1) is 17.1. The fourth-order valence-electron chi connectivity index (χ4n) is 3.32. The molecule has 27 heavy (non-hydrogen) atoms. The maximum Gasteiger partial charge on any atom is 0.322 e. The molecule has 0 saturated heterocycles. The van der Waals surface area contributed by atoms with E-state index in [-0.39, 0.29) is 6.03 Å². The molecule has 0 radical (unpaired) electrons. The van der Waals surface area contributed by atoms with Crippen molar-refractivity contribution in [3.05, 3.63) is 47.4 Å². The van der Waals surface area contributed by atoms with Crippen LogP contribution in [0.3, 0.4) is 0 Å². The van der Waals surface area contributed by atoms with Crippen LogP contribution in [0.15, 0.2) is 30.5 Å². The van der Waals surface area contributed by atoms with Crippen molar-refractivity contribution in [2.45, 2.75) is 19.9 Å². The average molecular weight is 367 g/mol. The number of fused-ring (bicyclic) bond motifs is 3. The van der Waals surface area contributed by atoms with Crippen molar-refractivity contribution in [2.75, 3.05) is 26.1 Å². The minimum absolute atomic E-state index is 0.180. The quantitative estimate of drug-likeness (QED) is 0.770. The van der Waals surface area contributed by atoms with Crippen LogP contribution in [0.25, 0.3) is 5.65 Å². The number of anilines is 1. The number of hydrogen-bond donors (Lipinski definition) is 1. The highest BCUT2D eigenvalue weighted by atomic mass is 16.5. The summed E-state index contributed by atoms with van der Waals surface area (Å²) in [6.07, 6.45) is 2.56. The van der Waals surface area contributed by atoms with Crippen molar-refractivity contribution >= 4 is 17.4 Å². The number of aromatic nitrogens is 3. The highest BCUT2D eigenvalue weighted by Gasteiger charge is 2.24. The van der Waals surface area contributed by atoms with E-state index >= 15 is 0 Å². The third-order valence-corrected chi connectivity index (χ3v) is 4.71. The Morgan fingerprint density at radius 1 is 1.22 bits per heavy atom. The van der Waals surface area contributed by atoms with E-state index in [0.29, 0.717) is 30.3 Å². The van der Waals surface area contributed by atoms with Crippen LogP contribution in [0, 0.1) is 6.92 Å². The Morgan fingerprint density at radius 3 is 2.85 bits per heavy atom. The molecule has 8 heteroatoms. The number of carbonyl (C=O) groups is 1. The molecule has 3 heterocycles. The first-order valence-corrected chi connectivity index (χ1v) is 8.70. The maximum absolute atomic E-state index is 12.8. The van der Waals surface area contributed by atoms with E-state index in [1.54, 1.807) is 37.3 Å². The van der Waals surface area contributed by atoms with Gasteiger partial charge in [0.15, 0.2) is 5.65 Å². The Hall–Kier alpha value is -3.29. The van der Waals surface area contributed by atoms with Crippen molar-refractivity contribution in [3.63, 3.8) is 0 Å². The lowest BCUT2D eigenvalue weighted by atomic mass is 10.1. The number of carbonyl (C=O) groups excluding carboxylic acids is 1. The minimum atomic E-state index is -0.180. The molecule has 0 atom stereocenters. The summed E-state index contributed by atoms with van der Waals surface area (Å²) in [4.78, 5) is 19.0. The molecule has 8 nitrogen and oxygen atoms in total. The molecule has 0 saturated carbocycles. The molecule has 4 rings (SSSR count). The molecular formula is C19H21N5O3. The van der Waals surface area contributed by atoms with E-state index < -0.39 is 0 Å². The molecule has 2 aromatic heterocycles. The van der Waals surface area contributed by atoms with Gasteiger partial charge in [0, 0.05) is 36.9 Å². The second-order valence-electron chi connectivity index (χ2n) is 6.45. The number of benzene rings is 1. The van der Waals surface area contributed by atoms with Crippen LogP contribution < -0.4 is 14.8 Å². The SMILES string of the molecule is COc1ccc(NC(=O)N2CCc3c(cnc4cc(C)nn34)C2)c(OC)c1. The number of amides is 2. The molecule has 1 aliphatic heterocycles. The molecule has 140 valence electrons. The van der Waals surface area contributed by atoms with Gasteiger partial charge in [0.1, 0.15) is 11.5 Å². The summed E-state index contributed by atoms with van der Waals surface area (Å²) in [6, 6.07) is 7.06. The monoisotopic (exact) mass is 367 g/mol. The fourth-order valence-corrected chi connectivity index (χ4v) is 3.32. The van der Waals surface area contributed by atoms with Crippen molar-refractivity contribution in [2.24, 2.45) is 0 Å². The minimum Gasteiger partial charge on any atom is -0.497 e. The van der Waals surface area contributed by atoms with Crippen molar-refractivity contribution < 1.29 is 14.3 Å². The lowest BCUT2D eigenvalue weighted by Crippen LogP contribution is -2.39. The lowest BCUT2D eigenvalue weighted by molar-refractivity contribution is 0.205. The number of urea groups is 1. The maximum atomic E-state index is 12.8. The lowest BCUT2D eigenvalue weighted by Gasteiger charge is -2.29. The van der Waals surface area contributed by atoms with E-state index in [9.17, 15) is 4.79 Å². The zero-order valence-corrected chi connectivity index (χ0v) is 15.5. The first-order valence-electron chi connectivity index (χ1n) is 8.70. The zero-order valence-electron chi connectivity index (χ0n) is 15.5. The summed E-state index contributed by atoms with van der Waals surface area (Å²) < 4.78 is 12.4. The highest BCUT2D eigenvalue weighted by molar-refractivity contribution is 5.91. The van der Waals surface area contributed by atoms with Crippen LogP contribution in [-0.4, -0.2) is 46.3 Å². The Kier molecular flexibility index (Phi) is 4.31. The van der Waals surface area contributed by atoms with Gasteiger partial charge in [-0.05, 0) is 19.1 Å². The van der Waals surface area contributed by atoms with Gasteiger partial charge in [0.05, 0.1) is 37.8 Å². The van der Waals surface area contributed by atoms with Gasteiger partial charge in [0.2, 0.25) is 0 Å². The molecule has 1 aliphatic rings. The second-order valence-corrected chi connectivity index (χ2v) is 6.45. The number of nitrogens with zero attached hydrogens (tertiary/aromatic N) is 4. The van der Waals surface area contributed by atoms with Gasteiger partial charge in [-0.25, -0.2) is 14.3 Å². The molecular weight excluding hydrogens is 346 g/mol. The molecule has 0 aliphatic carbocycles. The van der Waals surface area contributed by atoms with E-state index in [1.807, 2.05) is 23.7 Å². The molecule has 2 amide bonds. The first-order chi connectivity index (χ1) is 13.1. The molecule has 1 aromatic carbocycles. The van der Waals surface area contributed by atoms with Crippen LogP contribution >= 0.6 is 0 Å². The molecule has 0 unspecified atom stereocenters. The molecule has 0 fully saturated rings. The Bertz CT molecular complexity index is 1010. The predicted octanol–water partition coefficient (Wildman–Crippen LogP) is 2.65. The van der Waals surface area contributed by atoms with Crippen LogP contribution in [-0.2, 0) is 13.0 Å². The van der Waals surface area contributed by atoms with Gasteiger partial charge >= 0.3 is 6.03 Å².